The summed E-state index contributed by atoms with van der Waals surface area (Å²) in [4.78, 5) is 5.65. The Morgan fingerprint density at radius 2 is 1.95 bits per heavy atom. The Hall–Kier alpha value is -0.430. The maximum absolute atomic E-state index is 5.86. The van der Waals surface area contributed by atoms with Gasteiger partial charge in [0.25, 0.3) is 0 Å². The van der Waals surface area contributed by atoms with Gasteiger partial charge >= 0.3 is 0 Å². The normalized spacial score (nSPS) is 16.1. The van der Waals surface area contributed by atoms with Crippen LogP contribution in [-0.2, 0) is 0 Å². The van der Waals surface area contributed by atoms with Gasteiger partial charge in [-0.1, -0.05) is 31.0 Å². The van der Waals surface area contributed by atoms with Gasteiger partial charge in [-0.15, -0.1) is 35.7 Å². The van der Waals surface area contributed by atoms with Crippen LogP contribution in [0.5, 0.6) is 0 Å². The SMILES string of the molecule is I.NC(=NCCSc1ccccc1)NC1CCCC1. The second-order valence-electron chi connectivity index (χ2n) is 4.55. The number of aliphatic imine (C=N–C) groups is 1. The van der Waals surface area contributed by atoms with Crippen LogP contribution >= 0.6 is 35.7 Å². The highest BCUT2D eigenvalue weighted by molar-refractivity contribution is 14.0. The third-order valence-corrected chi connectivity index (χ3v) is 4.08. The predicted octanol–water partition coefficient (Wildman–Crippen LogP) is 3.24. The molecule has 106 valence electrons. The van der Waals surface area contributed by atoms with Crippen molar-refractivity contribution in [1.82, 2.24) is 5.32 Å². The van der Waals surface area contributed by atoms with Gasteiger partial charge < -0.3 is 11.1 Å². The Kier molecular flexibility index (Phi) is 8.29. The minimum absolute atomic E-state index is 0. The highest BCUT2D eigenvalue weighted by Crippen LogP contribution is 2.17. The number of rotatable bonds is 5. The molecule has 2 rings (SSSR count). The Labute approximate surface area is 136 Å². The molecule has 0 amide bonds. The number of hydrogen-bond acceptors (Lipinski definition) is 2. The molecule has 1 aromatic rings. The van der Waals surface area contributed by atoms with Crippen molar-refractivity contribution in [2.45, 2.75) is 36.6 Å². The third kappa shape index (κ3) is 6.51. The average Bonchev–Trinajstić information content (AvgIpc) is 2.89. The summed E-state index contributed by atoms with van der Waals surface area (Å²) in [6.45, 7) is 0.769. The van der Waals surface area contributed by atoms with Crippen molar-refractivity contribution in [2.24, 2.45) is 10.7 Å². The number of hydrogen-bond donors (Lipinski definition) is 2. The van der Waals surface area contributed by atoms with E-state index in [2.05, 4.69) is 34.6 Å². The molecular weight excluding hydrogens is 369 g/mol. The molecule has 19 heavy (non-hydrogen) atoms. The summed E-state index contributed by atoms with van der Waals surface area (Å²) in [5, 5.41) is 3.30. The van der Waals surface area contributed by atoms with Crippen molar-refractivity contribution in [3.8, 4) is 0 Å². The summed E-state index contributed by atoms with van der Waals surface area (Å²) in [6, 6.07) is 10.9. The lowest BCUT2D eigenvalue weighted by Crippen LogP contribution is -2.38. The summed E-state index contributed by atoms with van der Waals surface area (Å²) in [5.41, 5.74) is 5.86. The lowest BCUT2D eigenvalue weighted by atomic mass is 10.3. The Morgan fingerprint density at radius 3 is 2.63 bits per heavy atom. The summed E-state index contributed by atoms with van der Waals surface area (Å²) < 4.78 is 0. The molecule has 3 N–H and O–H groups in total. The van der Waals surface area contributed by atoms with E-state index in [1.165, 1.54) is 30.6 Å². The van der Waals surface area contributed by atoms with Crippen LogP contribution in [0.1, 0.15) is 25.7 Å². The summed E-state index contributed by atoms with van der Waals surface area (Å²) >= 11 is 1.81. The molecule has 1 aliphatic rings. The lowest BCUT2D eigenvalue weighted by molar-refractivity contribution is 0.626. The van der Waals surface area contributed by atoms with Crippen LogP contribution in [0.15, 0.2) is 40.2 Å². The standard InChI is InChI=1S/C14H21N3S.HI/c15-14(17-12-6-4-5-7-12)16-10-11-18-13-8-2-1-3-9-13;/h1-3,8-9,12H,4-7,10-11H2,(H3,15,16,17);1H. The molecule has 0 heterocycles. The first-order valence-corrected chi connectivity index (χ1v) is 7.57. The lowest BCUT2D eigenvalue weighted by Gasteiger charge is -2.12. The summed E-state index contributed by atoms with van der Waals surface area (Å²) in [6.07, 6.45) is 5.09. The molecule has 1 fully saturated rings. The largest absolute Gasteiger partial charge is 0.370 e. The fourth-order valence-corrected chi connectivity index (χ4v) is 2.94. The van der Waals surface area contributed by atoms with Gasteiger partial charge in [0.1, 0.15) is 0 Å². The van der Waals surface area contributed by atoms with Gasteiger partial charge in [0.2, 0.25) is 0 Å². The van der Waals surface area contributed by atoms with Crippen LogP contribution in [-0.4, -0.2) is 24.3 Å². The highest BCUT2D eigenvalue weighted by Gasteiger charge is 2.14. The van der Waals surface area contributed by atoms with Gasteiger partial charge in [0.15, 0.2) is 5.96 Å². The molecule has 0 aliphatic heterocycles. The zero-order valence-corrected chi connectivity index (χ0v) is 14.2. The van der Waals surface area contributed by atoms with Gasteiger partial charge in [-0.2, -0.15) is 0 Å². The van der Waals surface area contributed by atoms with E-state index >= 15 is 0 Å². The van der Waals surface area contributed by atoms with Crippen molar-refractivity contribution < 1.29 is 0 Å². The van der Waals surface area contributed by atoms with Crippen LogP contribution in [0.2, 0.25) is 0 Å². The summed E-state index contributed by atoms with van der Waals surface area (Å²) in [7, 11) is 0. The van der Waals surface area contributed by atoms with Crippen LogP contribution in [0.25, 0.3) is 0 Å². The zero-order chi connectivity index (χ0) is 12.6. The minimum Gasteiger partial charge on any atom is -0.370 e. The Balaban J connectivity index is 0.00000180. The second-order valence-corrected chi connectivity index (χ2v) is 5.72. The smallest absolute Gasteiger partial charge is 0.188 e. The van der Waals surface area contributed by atoms with E-state index in [9.17, 15) is 0 Å². The molecule has 1 aliphatic carbocycles. The Morgan fingerprint density at radius 1 is 1.26 bits per heavy atom. The van der Waals surface area contributed by atoms with Crippen LogP contribution < -0.4 is 11.1 Å². The van der Waals surface area contributed by atoms with Crippen molar-refractivity contribution >= 4 is 41.7 Å². The van der Waals surface area contributed by atoms with Crippen molar-refractivity contribution in [1.29, 1.82) is 0 Å². The van der Waals surface area contributed by atoms with Crippen molar-refractivity contribution in [3.63, 3.8) is 0 Å². The van der Waals surface area contributed by atoms with E-state index < -0.39 is 0 Å². The first-order chi connectivity index (χ1) is 8.84. The molecule has 0 radical (unpaired) electrons. The van der Waals surface area contributed by atoms with E-state index in [4.69, 9.17) is 5.73 Å². The zero-order valence-electron chi connectivity index (χ0n) is 11.0. The topological polar surface area (TPSA) is 50.4 Å². The number of nitrogens with two attached hydrogens (primary N) is 1. The maximum Gasteiger partial charge on any atom is 0.188 e. The van der Waals surface area contributed by atoms with Crippen LogP contribution in [0.4, 0.5) is 0 Å². The fourth-order valence-electron chi connectivity index (χ4n) is 2.17. The highest BCUT2D eigenvalue weighted by atomic mass is 127. The molecule has 1 saturated carbocycles. The molecule has 0 spiro atoms. The molecule has 0 aromatic heterocycles. The first kappa shape index (κ1) is 16.6. The molecule has 0 bridgehead atoms. The summed E-state index contributed by atoms with van der Waals surface area (Å²) in [5.74, 6) is 1.58. The minimum atomic E-state index is 0. The van der Waals surface area contributed by atoms with Crippen molar-refractivity contribution in [2.75, 3.05) is 12.3 Å². The second kappa shape index (κ2) is 9.47. The average molecular weight is 391 g/mol. The molecular formula is C14H22IN3S. The molecule has 1 aromatic carbocycles. The van der Waals surface area contributed by atoms with Gasteiger partial charge in [-0.3, -0.25) is 4.99 Å². The van der Waals surface area contributed by atoms with E-state index in [1.807, 2.05) is 17.8 Å². The van der Waals surface area contributed by atoms with Gasteiger partial charge in [0, 0.05) is 16.7 Å². The number of nitrogens with zero attached hydrogens (tertiary/aromatic N) is 1. The van der Waals surface area contributed by atoms with E-state index in [1.54, 1.807) is 0 Å². The number of thioether (sulfide) groups is 1. The molecule has 5 heteroatoms. The molecule has 0 unspecified atom stereocenters. The fraction of sp³-hybridized carbons (Fsp3) is 0.500. The van der Waals surface area contributed by atoms with E-state index in [-0.39, 0.29) is 24.0 Å². The van der Waals surface area contributed by atoms with Crippen LogP contribution in [0.3, 0.4) is 0 Å². The third-order valence-electron chi connectivity index (χ3n) is 3.09. The Bertz CT molecular complexity index is 378. The monoisotopic (exact) mass is 391 g/mol. The molecule has 0 atom stereocenters. The van der Waals surface area contributed by atoms with Gasteiger partial charge in [-0.25, -0.2) is 0 Å². The number of nitrogens with one attached hydrogen (secondary N) is 1. The number of guanidine groups is 1. The molecule has 3 nitrogen and oxygen atoms in total. The van der Waals surface area contributed by atoms with Gasteiger partial charge in [-0.05, 0) is 25.0 Å². The number of halogens is 1. The quantitative estimate of drug-likeness (QED) is 0.266. The number of benzene rings is 1. The van der Waals surface area contributed by atoms with E-state index in [0.717, 1.165) is 12.3 Å². The van der Waals surface area contributed by atoms with Gasteiger partial charge in [0.05, 0.1) is 6.54 Å². The molecule has 0 saturated heterocycles. The van der Waals surface area contributed by atoms with Crippen molar-refractivity contribution in [3.05, 3.63) is 30.3 Å². The van der Waals surface area contributed by atoms with E-state index in [0.29, 0.717) is 12.0 Å². The predicted molar refractivity (Wildman–Crippen MR) is 94.5 cm³/mol. The van der Waals surface area contributed by atoms with Crippen LogP contribution in [0, 0.1) is 0 Å². The maximum atomic E-state index is 5.86. The first-order valence-electron chi connectivity index (χ1n) is 6.59.